The van der Waals surface area contributed by atoms with E-state index in [0.717, 1.165) is 31.3 Å². The number of ether oxygens (including phenoxy) is 2. The Kier molecular flexibility index (Phi) is 9.42. The van der Waals surface area contributed by atoms with Crippen LogP contribution in [0.5, 0.6) is 0 Å². The fraction of sp³-hybridized carbons (Fsp3) is 0.682. The number of hydrogen-bond acceptors (Lipinski definition) is 3. The molecule has 0 aromatic carbocycles. The summed E-state index contributed by atoms with van der Waals surface area (Å²) < 4.78 is 10.7. The summed E-state index contributed by atoms with van der Waals surface area (Å²) in [6.07, 6.45) is 15.1. The summed E-state index contributed by atoms with van der Waals surface area (Å²) in [4.78, 5) is 11.6. The highest BCUT2D eigenvalue weighted by atomic mass is 16.5. The first-order chi connectivity index (χ1) is 11.8. The molecular formula is C22H34O3. The molecule has 0 aromatic rings. The van der Waals surface area contributed by atoms with E-state index in [1.807, 2.05) is 13.0 Å². The van der Waals surface area contributed by atoms with E-state index in [0.29, 0.717) is 18.4 Å². The molecule has 1 aliphatic rings. The van der Waals surface area contributed by atoms with Gasteiger partial charge < -0.3 is 9.47 Å². The molecule has 0 bridgehead atoms. The maximum absolute atomic E-state index is 11.6. The summed E-state index contributed by atoms with van der Waals surface area (Å²) in [6.45, 7) is 10.7. The average molecular weight is 347 g/mol. The molecule has 3 nitrogen and oxygen atoms in total. The van der Waals surface area contributed by atoms with Gasteiger partial charge >= 0.3 is 5.97 Å². The maximum atomic E-state index is 11.6. The molecule has 1 aliphatic carbocycles. The molecule has 0 heterocycles. The van der Waals surface area contributed by atoms with E-state index in [4.69, 9.17) is 9.47 Å². The first kappa shape index (κ1) is 21.4. The van der Waals surface area contributed by atoms with Crippen LogP contribution in [-0.2, 0) is 14.3 Å². The summed E-state index contributed by atoms with van der Waals surface area (Å²) in [5.74, 6) is 3.77. The van der Waals surface area contributed by atoms with Crippen molar-refractivity contribution in [1.82, 2.24) is 0 Å². The molecule has 1 unspecified atom stereocenters. The Labute approximate surface area is 153 Å². The third kappa shape index (κ3) is 11.5. The van der Waals surface area contributed by atoms with Crippen LogP contribution in [0, 0.1) is 23.9 Å². The highest BCUT2D eigenvalue weighted by Crippen LogP contribution is 2.28. The van der Waals surface area contributed by atoms with Crippen molar-refractivity contribution in [3.05, 3.63) is 23.8 Å². The van der Waals surface area contributed by atoms with Crippen molar-refractivity contribution in [1.29, 1.82) is 0 Å². The molecule has 0 saturated heterocycles. The largest absolute Gasteiger partial charge is 0.462 e. The minimum atomic E-state index is -0.223. The second-order valence-corrected chi connectivity index (χ2v) is 7.81. The van der Waals surface area contributed by atoms with Gasteiger partial charge in [-0.1, -0.05) is 31.4 Å². The Morgan fingerprint density at radius 2 is 2.08 bits per heavy atom. The lowest BCUT2D eigenvalue weighted by atomic mass is 9.95. The van der Waals surface area contributed by atoms with Crippen molar-refractivity contribution in [2.75, 3.05) is 6.61 Å². The van der Waals surface area contributed by atoms with Crippen molar-refractivity contribution in [2.45, 2.75) is 78.7 Å². The van der Waals surface area contributed by atoms with Gasteiger partial charge in [-0.25, -0.2) is 4.79 Å². The van der Waals surface area contributed by atoms with E-state index in [9.17, 15) is 4.79 Å². The van der Waals surface area contributed by atoms with Crippen LogP contribution in [0.1, 0.15) is 73.1 Å². The molecular weight excluding hydrogens is 312 g/mol. The van der Waals surface area contributed by atoms with E-state index < -0.39 is 0 Å². The lowest BCUT2D eigenvalue weighted by Crippen LogP contribution is -2.22. The van der Waals surface area contributed by atoms with Crippen LogP contribution in [-0.4, -0.2) is 18.2 Å². The minimum Gasteiger partial charge on any atom is -0.462 e. The van der Waals surface area contributed by atoms with Crippen LogP contribution in [0.15, 0.2) is 23.8 Å². The molecule has 0 spiro atoms. The van der Waals surface area contributed by atoms with Crippen molar-refractivity contribution in [3.8, 4) is 12.0 Å². The van der Waals surface area contributed by atoms with Gasteiger partial charge in [0.25, 0.3) is 0 Å². The number of rotatable bonds is 11. The van der Waals surface area contributed by atoms with Gasteiger partial charge in [-0.3, -0.25) is 0 Å². The summed E-state index contributed by atoms with van der Waals surface area (Å²) >= 11 is 0. The molecule has 1 rings (SSSR count). The van der Waals surface area contributed by atoms with Gasteiger partial charge in [0.1, 0.15) is 11.7 Å². The molecule has 140 valence electrons. The van der Waals surface area contributed by atoms with Crippen LogP contribution in [0.25, 0.3) is 0 Å². The predicted octanol–water partition coefficient (Wildman–Crippen LogP) is 5.41. The lowest BCUT2D eigenvalue weighted by Gasteiger charge is -2.22. The van der Waals surface area contributed by atoms with E-state index in [1.165, 1.54) is 12.8 Å². The number of allylic oxidation sites excluding steroid dienone is 3. The molecule has 0 aliphatic heterocycles. The van der Waals surface area contributed by atoms with E-state index in [2.05, 4.69) is 38.9 Å². The number of carbonyl (C=O) groups is 1. The zero-order valence-electron chi connectivity index (χ0n) is 16.6. The molecule has 0 radical (unpaired) electrons. The van der Waals surface area contributed by atoms with Crippen LogP contribution >= 0.6 is 0 Å². The molecule has 25 heavy (non-hydrogen) atoms. The van der Waals surface area contributed by atoms with Gasteiger partial charge in [0.05, 0.1) is 6.61 Å². The molecule has 0 amide bonds. The molecule has 1 saturated carbocycles. The first-order valence-corrected chi connectivity index (χ1v) is 9.43. The Bertz CT molecular complexity index is 527. The van der Waals surface area contributed by atoms with Crippen LogP contribution in [0.4, 0.5) is 0 Å². The van der Waals surface area contributed by atoms with E-state index >= 15 is 0 Å². The normalized spacial score (nSPS) is 16.3. The van der Waals surface area contributed by atoms with E-state index in [-0.39, 0.29) is 11.6 Å². The van der Waals surface area contributed by atoms with Crippen molar-refractivity contribution < 1.29 is 14.3 Å². The van der Waals surface area contributed by atoms with Crippen molar-refractivity contribution in [3.63, 3.8) is 0 Å². The van der Waals surface area contributed by atoms with Gasteiger partial charge in [-0.2, -0.15) is 0 Å². The standard InChI is InChI=1S/C22H34O3/c1-6-15-25-22(4,5)14-8-11-18(2)9-7-10-19(3)16-21(23)24-17-20-12-13-20/h7,10,16,18,20H,8-9,11-14,17H2,1-5H3. The summed E-state index contributed by atoms with van der Waals surface area (Å²) in [6, 6.07) is 0. The van der Waals surface area contributed by atoms with Gasteiger partial charge in [0, 0.05) is 13.0 Å². The highest BCUT2D eigenvalue weighted by Gasteiger charge is 2.22. The minimum absolute atomic E-state index is 0.182. The quantitative estimate of drug-likeness (QED) is 0.217. The lowest BCUT2D eigenvalue weighted by molar-refractivity contribution is -0.138. The van der Waals surface area contributed by atoms with E-state index in [1.54, 1.807) is 13.0 Å². The molecule has 0 N–H and O–H groups in total. The van der Waals surface area contributed by atoms with Gasteiger partial charge in [0.15, 0.2) is 0 Å². The Balaban J connectivity index is 2.20. The Hall–Kier alpha value is -1.69. The fourth-order valence-electron chi connectivity index (χ4n) is 2.48. The Morgan fingerprint density at radius 1 is 1.36 bits per heavy atom. The smallest absolute Gasteiger partial charge is 0.331 e. The molecule has 1 atom stereocenters. The molecule has 1 fully saturated rings. The van der Waals surface area contributed by atoms with Crippen LogP contribution in [0.3, 0.4) is 0 Å². The third-order valence-corrected chi connectivity index (χ3v) is 4.33. The summed E-state index contributed by atoms with van der Waals surface area (Å²) in [5, 5.41) is 0. The molecule has 0 aromatic heterocycles. The average Bonchev–Trinajstić information content (AvgIpc) is 3.35. The second-order valence-electron chi connectivity index (χ2n) is 7.81. The zero-order valence-corrected chi connectivity index (χ0v) is 16.6. The molecule has 3 heteroatoms. The monoisotopic (exact) mass is 346 g/mol. The van der Waals surface area contributed by atoms with Crippen molar-refractivity contribution >= 4 is 5.97 Å². The predicted molar refractivity (Wildman–Crippen MR) is 103 cm³/mol. The van der Waals surface area contributed by atoms with Crippen molar-refractivity contribution in [2.24, 2.45) is 11.8 Å². The van der Waals surface area contributed by atoms with Gasteiger partial charge in [0.2, 0.25) is 0 Å². The number of carbonyl (C=O) groups excluding carboxylic acids is 1. The first-order valence-electron chi connectivity index (χ1n) is 9.43. The topological polar surface area (TPSA) is 35.5 Å². The third-order valence-electron chi connectivity index (χ3n) is 4.33. The van der Waals surface area contributed by atoms with Gasteiger partial charge in [-0.15, -0.1) is 0 Å². The fourth-order valence-corrected chi connectivity index (χ4v) is 2.48. The van der Waals surface area contributed by atoms with Crippen LogP contribution < -0.4 is 0 Å². The summed E-state index contributed by atoms with van der Waals surface area (Å²) in [5.41, 5.74) is 0.763. The summed E-state index contributed by atoms with van der Waals surface area (Å²) in [7, 11) is 0. The maximum Gasteiger partial charge on any atom is 0.331 e. The SMILES string of the molecule is CC#COC(C)(C)CCCC(C)CC=CC(C)=CC(=O)OCC1CC1. The zero-order chi connectivity index (χ0) is 18.7. The number of hydrogen-bond donors (Lipinski definition) is 0. The van der Waals surface area contributed by atoms with Crippen LogP contribution in [0.2, 0.25) is 0 Å². The second kappa shape index (κ2) is 11.0. The number of esters is 1. The Morgan fingerprint density at radius 3 is 2.72 bits per heavy atom. The van der Waals surface area contributed by atoms with Gasteiger partial charge in [-0.05, 0) is 70.3 Å². The highest BCUT2D eigenvalue weighted by molar-refractivity contribution is 5.83.